The second kappa shape index (κ2) is 5.02. The summed E-state index contributed by atoms with van der Waals surface area (Å²) in [5, 5.41) is 2.96. The number of nitrogens with zero attached hydrogens (tertiary/aromatic N) is 2. The number of nitrogens with one attached hydrogen (secondary N) is 1. The molecular formula is C15H14F3N3. The lowest BCUT2D eigenvalue weighted by molar-refractivity contribution is -0.137. The number of benzene rings is 1. The summed E-state index contributed by atoms with van der Waals surface area (Å²) in [6.45, 7) is 0. The summed E-state index contributed by atoms with van der Waals surface area (Å²) < 4.78 is 37.7. The van der Waals surface area contributed by atoms with Gasteiger partial charge in [0.25, 0.3) is 0 Å². The van der Waals surface area contributed by atoms with E-state index in [0.717, 1.165) is 30.8 Å². The van der Waals surface area contributed by atoms with Gasteiger partial charge in [0.05, 0.1) is 11.3 Å². The molecule has 1 aromatic carbocycles. The minimum atomic E-state index is -4.32. The first kappa shape index (κ1) is 13.9. The zero-order valence-corrected chi connectivity index (χ0v) is 11.4. The zero-order chi connectivity index (χ0) is 15.0. The summed E-state index contributed by atoms with van der Waals surface area (Å²) in [5.41, 5.74) is 0.644. The molecule has 1 aliphatic carbocycles. The Bertz CT molecular complexity index is 646. The van der Waals surface area contributed by atoms with E-state index in [9.17, 15) is 13.2 Å². The van der Waals surface area contributed by atoms with Crippen LogP contribution in [0.3, 0.4) is 0 Å². The van der Waals surface area contributed by atoms with Crippen LogP contribution < -0.4 is 5.32 Å². The first-order valence-electron chi connectivity index (χ1n) is 6.72. The molecule has 0 bridgehead atoms. The van der Waals surface area contributed by atoms with Gasteiger partial charge in [-0.05, 0) is 25.0 Å². The second-order valence-electron chi connectivity index (χ2n) is 5.10. The Labute approximate surface area is 120 Å². The fraction of sp³-hybridized carbons (Fsp3) is 0.333. The Kier molecular flexibility index (Phi) is 3.31. The van der Waals surface area contributed by atoms with Crippen LogP contribution in [0.1, 0.15) is 30.1 Å². The molecule has 1 saturated carbocycles. The molecule has 0 unspecified atom stereocenters. The topological polar surface area (TPSA) is 37.8 Å². The predicted octanol–water partition coefficient (Wildman–Crippen LogP) is 4.08. The largest absolute Gasteiger partial charge is 0.416 e. The second-order valence-corrected chi connectivity index (χ2v) is 5.10. The Balaban J connectivity index is 1.97. The van der Waals surface area contributed by atoms with E-state index in [0.29, 0.717) is 23.0 Å². The van der Waals surface area contributed by atoms with Gasteiger partial charge in [-0.25, -0.2) is 9.97 Å². The Hall–Kier alpha value is -2.11. The Morgan fingerprint density at radius 1 is 1.10 bits per heavy atom. The maximum Gasteiger partial charge on any atom is 0.416 e. The van der Waals surface area contributed by atoms with Crippen LogP contribution in [0.15, 0.2) is 30.3 Å². The maximum atomic E-state index is 12.6. The van der Waals surface area contributed by atoms with Gasteiger partial charge in [0.1, 0.15) is 11.6 Å². The maximum absolute atomic E-state index is 12.6. The highest BCUT2D eigenvalue weighted by Gasteiger charge is 2.30. The van der Waals surface area contributed by atoms with E-state index >= 15 is 0 Å². The van der Waals surface area contributed by atoms with Gasteiger partial charge in [-0.15, -0.1) is 0 Å². The summed E-state index contributed by atoms with van der Waals surface area (Å²) in [6.07, 6.45) is -2.18. The molecule has 1 heterocycles. The van der Waals surface area contributed by atoms with Gasteiger partial charge in [0.2, 0.25) is 0 Å². The Morgan fingerprint density at radius 3 is 2.29 bits per heavy atom. The molecule has 110 valence electrons. The monoisotopic (exact) mass is 293 g/mol. The number of hydrogen-bond acceptors (Lipinski definition) is 3. The average molecular weight is 293 g/mol. The first-order chi connectivity index (χ1) is 9.97. The van der Waals surface area contributed by atoms with Crippen molar-refractivity contribution in [2.24, 2.45) is 0 Å². The SMILES string of the molecule is CNc1cc(-c2ccc(C(F)(F)F)cc2)nc(C2CC2)n1. The van der Waals surface area contributed by atoms with Crippen LogP contribution in [0.2, 0.25) is 0 Å². The smallest absolute Gasteiger partial charge is 0.373 e. The van der Waals surface area contributed by atoms with Gasteiger partial charge in [-0.2, -0.15) is 13.2 Å². The fourth-order valence-electron chi connectivity index (χ4n) is 2.10. The molecule has 0 amide bonds. The van der Waals surface area contributed by atoms with E-state index in [1.807, 2.05) is 0 Å². The van der Waals surface area contributed by atoms with Crippen LogP contribution >= 0.6 is 0 Å². The summed E-state index contributed by atoms with van der Waals surface area (Å²) in [4.78, 5) is 8.87. The van der Waals surface area contributed by atoms with Gasteiger partial charge in [0.15, 0.2) is 0 Å². The van der Waals surface area contributed by atoms with Crippen molar-refractivity contribution in [1.29, 1.82) is 0 Å². The number of aromatic nitrogens is 2. The number of hydrogen-bond donors (Lipinski definition) is 1. The highest BCUT2D eigenvalue weighted by atomic mass is 19.4. The predicted molar refractivity (Wildman–Crippen MR) is 74.0 cm³/mol. The molecule has 1 aliphatic rings. The zero-order valence-electron chi connectivity index (χ0n) is 11.4. The molecule has 0 atom stereocenters. The van der Waals surface area contributed by atoms with Crippen LogP contribution in [-0.4, -0.2) is 17.0 Å². The van der Waals surface area contributed by atoms with E-state index in [1.165, 1.54) is 12.1 Å². The molecule has 3 nitrogen and oxygen atoms in total. The normalized spacial score (nSPS) is 15.0. The van der Waals surface area contributed by atoms with E-state index < -0.39 is 11.7 Å². The molecule has 21 heavy (non-hydrogen) atoms. The van der Waals surface area contributed by atoms with Crippen molar-refractivity contribution in [3.8, 4) is 11.3 Å². The van der Waals surface area contributed by atoms with Crippen LogP contribution in [0.4, 0.5) is 19.0 Å². The molecule has 1 N–H and O–H groups in total. The minimum Gasteiger partial charge on any atom is -0.373 e. The molecular weight excluding hydrogens is 279 g/mol. The third-order valence-electron chi connectivity index (χ3n) is 3.45. The summed E-state index contributed by atoms with van der Waals surface area (Å²) in [6, 6.07) is 6.79. The summed E-state index contributed by atoms with van der Waals surface area (Å²) in [7, 11) is 1.76. The van der Waals surface area contributed by atoms with Crippen LogP contribution in [0.25, 0.3) is 11.3 Å². The van der Waals surface area contributed by atoms with Gasteiger partial charge >= 0.3 is 6.18 Å². The van der Waals surface area contributed by atoms with E-state index in [2.05, 4.69) is 15.3 Å². The van der Waals surface area contributed by atoms with Crippen LogP contribution in [0.5, 0.6) is 0 Å². The number of halogens is 3. The summed E-state index contributed by atoms with van der Waals surface area (Å²) in [5.74, 6) is 1.82. The lowest BCUT2D eigenvalue weighted by atomic mass is 10.1. The van der Waals surface area contributed by atoms with Crippen molar-refractivity contribution >= 4 is 5.82 Å². The van der Waals surface area contributed by atoms with E-state index in [-0.39, 0.29) is 0 Å². The lowest BCUT2D eigenvalue weighted by Crippen LogP contribution is -2.04. The molecule has 1 fully saturated rings. The van der Waals surface area contributed by atoms with Gasteiger partial charge in [-0.3, -0.25) is 0 Å². The standard InChI is InChI=1S/C15H14F3N3/c1-19-13-8-12(20-14(21-13)10-2-3-10)9-4-6-11(7-5-9)15(16,17)18/h4-8,10H,2-3H2,1H3,(H,19,20,21). The molecule has 0 radical (unpaired) electrons. The van der Waals surface area contributed by atoms with Crippen molar-refractivity contribution < 1.29 is 13.2 Å². The van der Waals surface area contributed by atoms with Crippen molar-refractivity contribution in [1.82, 2.24) is 9.97 Å². The molecule has 3 rings (SSSR count). The summed E-state index contributed by atoms with van der Waals surface area (Å²) >= 11 is 0. The highest BCUT2D eigenvalue weighted by molar-refractivity contribution is 5.63. The fourth-order valence-corrected chi connectivity index (χ4v) is 2.10. The van der Waals surface area contributed by atoms with Crippen LogP contribution in [0, 0.1) is 0 Å². The quantitative estimate of drug-likeness (QED) is 0.926. The van der Waals surface area contributed by atoms with Crippen molar-refractivity contribution in [2.45, 2.75) is 24.9 Å². The van der Waals surface area contributed by atoms with Gasteiger partial charge in [-0.1, -0.05) is 12.1 Å². The first-order valence-corrected chi connectivity index (χ1v) is 6.72. The third kappa shape index (κ3) is 2.99. The highest BCUT2D eigenvalue weighted by Crippen LogP contribution is 2.39. The van der Waals surface area contributed by atoms with E-state index in [4.69, 9.17) is 0 Å². The molecule has 1 aromatic heterocycles. The molecule has 0 spiro atoms. The van der Waals surface area contributed by atoms with Gasteiger partial charge < -0.3 is 5.32 Å². The number of alkyl halides is 3. The molecule has 0 aliphatic heterocycles. The number of rotatable bonds is 3. The van der Waals surface area contributed by atoms with Crippen molar-refractivity contribution in [3.63, 3.8) is 0 Å². The van der Waals surface area contributed by atoms with E-state index in [1.54, 1.807) is 13.1 Å². The lowest BCUT2D eigenvalue weighted by Gasteiger charge is -2.09. The molecule has 2 aromatic rings. The third-order valence-corrected chi connectivity index (χ3v) is 3.45. The average Bonchev–Trinajstić information content (AvgIpc) is 3.30. The van der Waals surface area contributed by atoms with Crippen molar-refractivity contribution in [2.75, 3.05) is 12.4 Å². The number of anilines is 1. The molecule has 6 heteroatoms. The molecule has 0 saturated heterocycles. The van der Waals surface area contributed by atoms with Crippen molar-refractivity contribution in [3.05, 3.63) is 41.7 Å². The minimum absolute atomic E-state index is 0.381. The Morgan fingerprint density at radius 2 is 1.76 bits per heavy atom. The van der Waals surface area contributed by atoms with Crippen LogP contribution in [-0.2, 0) is 6.18 Å². The van der Waals surface area contributed by atoms with Gasteiger partial charge in [0, 0.05) is 24.6 Å².